The van der Waals surface area contributed by atoms with Crippen molar-refractivity contribution in [2.45, 2.75) is 32.6 Å². The third-order valence-electron chi connectivity index (χ3n) is 3.37. The number of nitrogens with zero attached hydrogens (tertiary/aromatic N) is 3. The molecule has 86 valence electrons. The second kappa shape index (κ2) is 4.56. The Morgan fingerprint density at radius 2 is 2.19 bits per heavy atom. The maximum Gasteiger partial charge on any atom is 0.142 e. The molecule has 0 radical (unpaired) electrons. The van der Waals surface area contributed by atoms with Gasteiger partial charge in [0, 0.05) is 13.6 Å². The Labute approximate surface area is 96.3 Å². The zero-order chi connectivity index (χ0) is 11.5. The predicted molar refractivity (Wildman–Crippen MR) is 63.1 cm³/mol. The van der Waals surface area contributed by atoms with E-state index in [9.17, 15) is 0 Å². The first kappa shape index (κ1) is 11.0. The van der Waals surface area contributed by atoms with E-state index in [1.54, 1.807) is 4.68 Å². The van der Waals surface area contributed by atoms with Crippen molar-refractivity contribution >= 4 is 5.82 Å². The molecular formula is C12H18N4. The zero-order valence-corrected chi connectivity index (χ0v) is 9.95. The van der Waals surface area contributed by atoms with E-state index in [0.29, 0.717) is 5.56 Å². The van der Waals surface area contributed by atoms with Crippen molar-refractivity contribution in [2.24, 2.45) is 13.0 Å². The van der Waals surface area contributed by atoms with E-state index in [0.717, 1.165) is 24.0 Å². The summed E-state index contributed by atoms with van der Waals surface area (Å²) in [6, 6.07) is 2.21. The molecule has 1 fully saturated rings. The minimum atomic E-state index is 0.681. The van der Waals surface area contributed by atoms with Crippen LogP contribution in [0.1, 0.15) is 36.9 Å². The van der Waals surface area contributed by atoms with E-state index in [-0.39, 0.29) is 0 Å². The van der Waals surface area contributed by atoms with Gasteiger partial charge in [-0.2, -0.15) is 10.4 Å². The average Bonchev–Trinajstić information content (AvgIpc) is 2.83. The molecule has 16 heavy (non-hydrogen) atoms. The summed E-state index contributed by atoms with van der Waals surface area (Å²) in [6.07, 6.45) is 5.32. The molecule has 1 saturated carbocycles. The Morgan fingerprint density at radius 1 is 1.50 bits per heavy atom. The highest BCUT2D eigenvalue weighted by Crippen LogP contribution is 2.26. The van der Waals surface area contributed by atoms with Crippen LogP contribution in [0.5, 0.6) is 0 Å². The van der Waals surface area contributed by atoms with Crippen molar-refractivity contribution in [3.8, 4) is 6.07 Å². The van der Waals surface area contributed by atoms with Crippen LogP contribution in [0.15, 0.2) is 0 Å². The van der Waals surface area contributed by atoms with Crippen LogP contribution in [-0.2, 0) is 7.05 Å². The van der Waals surface area contributed by atoms with Crippen molar-refractivity contribution < 1.29 is 0 Å². The summed E-state index contributed by atoms with van der Waals surface area (Å²) in [5, 5.41) is 16.7. The molecule has 2 rings (SSSR count). The first-order valence-corrected chi connectivity index (χ1v) is 5.90. The first-order valence-electron chi connectivity index (χ1n) is 5.90. The molecule has 0 bridgehead atoms. The quantitative estimate of drug-likeness (QED) is 0.846. The smallest absolute Gasteiger partial charge is 0.142 e. The van der Waals surface area contributed by atoms with Crippen LogP contribution in [0, 0.1) is 24.2 Å². The average molecular weight is 218 g/mol. The summed E-state index contributed by atoms with van der Waals surface area (Å²) in [7, 11) is 1.88. The van der Waals surface area contributed by atoms with E-state index < -0.39 is 0 Å². The topological polar surface area (TPSA) is 53.6 Å². The molecule has 1 heterocycles. The number of rotatable bonds is 3. The standard InChI is InChI=1S/C12H18N4/c1-9-11(7-13)12(16(2)15-9)14-8-10-5-3-4-6-10/h10,14H,3-6,8H2,1-2H3. The lowest BCUT2D eigenvalue weighted by Gasteiger charge is -2.11. The Kier molecular flexibility index (Phi) is 3.14. The van der Waals surface area contributed by atoms with Gasteiger partial charge >= 0.3 is 0 Å². The second-order valence-electron chi connectivity index (χ2n) is 4.58. The van der Waals surface area contributed by atoms with Gasteiger partial charge in [0.2, 0.25) is 0 Å². The zero-order valence-electron chi connectivity index (χ0n) is 9.95. The maximum absolute atomic E-state index is 9.06. The molecule has 0 amide bonds. The summed E-state index contributed by atoms with van der Waals surface area (Å²) in [4.78, 5) is 0. The van der Waals surface area contributed by atoms with Gasteiger partial charge in [-0.25, -0.2) is 0 Å². The summed E-state index contributed by atoms with van der Waals surface area (Å²) >= 11 is 0. The third-order valence-corrected chi connectivity index (χ3v) is 3.37. The van der Waals surface area contributed by atoms with Crippen molar-refractivity contribution in [3.63, 3.8) is 0 Å². The lowest BCUT2D eigenvalue weighted by atomic mass is 10.1. The minimum Gasteiger partial charge on any atom is -0.369 e. The van der Waals surface area contributed by atoms with Gasteiger partial charge < -0.3 is 5.32 Å². The van der Waals surface area contributed by atoms with E-state index in [1.165, 1.54) is 25.7 Å². The second-order valence-corrected chi connectivity index (χ2v) is 4.58. The normalized spacial score (nSPS) is 16.3. The Bertz CT molecular complexity index is 407. The Balaban J connectivity index is 2.06. The molecule has 0 aromatic carbocycles. The molecular weight excluding hydrogens is 200 g/mol. The predicted octanol–water partition coefficient (Wildman–Crippen LogP) is 2.20. The van der Waals surface area contributed by atoms with Gasteiger partial charge in [-0.3, -0.25) is 4.68 Å². The van der Waals surface area contributed by atoms with Gasteiger partial charge in [-0.1, -0.05) is 12.8 Å². The monoisotopic (exact) mass is 218 g/mol. The molecule has 4 heteroatoms. The van der Waals surface area contributed by atoms with Crippen molar-refractivity contribution in [1.29, 1.82) is 5.26 Å². The molecule has 4 nitrogen and oxygen atoms in total. The highest BCUT2D eigenvalue weighted by atomic mass is 15.3. The molecule has 1 aliphatic rings. The number of nitriles is 1. The fourth-order valence-electron chi connectivity index (χ4n) is 2.45. The minimum absolute atomic E-state index is 0.681. The van der Waals surface area contributed by atoms with Crippen LogP contribution in [0.4, 0.5) is 5.82 Å². The summed E-state index contributed by atoms with van der Waals surface area (Å²) in [5.41, 5.74) is 1.49. The number of hydrogen-bond acceptors (Lipinski definition) is 3. The molecule has 1 N–H and O–H groups in total. The van der Waals surface area contributed by atoms with Crippen LogP contribution in [0.2, 0.25) is 0 Å². The molecule has 0 atom stereocenters. The van der Waals surface area contributed by atoms with Gasteiger partial charge in [0.05, 0.1) is 5.69 Å². The SMILES string of the molecule is Cc1nn(C)c(NCC2CCCC2)c1C#N. The van der Waals surface area contributed by atoms with E-state index in [1.807, 2.05) is 14.0 Å². The van der Waals surface area contributed by atoms with Gasteiger partial charge in [-0.05, 0) is 25.7 Å². The van der Waals surface area contributed by atoms with Crippen LogP contribution in [0.3, 0.4) is 0 Å². The fraction of sp³-hybridized carbons (Fsp3) is 0.667. The maximum atomic E-state index is 9.06. The number of aryl methyl sites for hydroxylation is 2. The molecule has 0 spiro atoms. The van der Waals surface area contributed by atoms with Crippen LogP contribution in [-0.4, -0.2) is 16.3 Å². The van der Waals surface area contributed by atoms with Crippen molar-refractivity contribution in [2.75, 3.05) is 11.9 Å². The molecule has 0 aliphatic heterocycles. The van der Waals surface area contributed by atoms with E-state index >= 15 is 0 Å². The molecule has 0 unspecified atom stereocenters. The summed E-state index contributed by atoms with van der Waals surface area (Å²) in [6.45, 7) is 2.84. The number of aromatic nitrogens is 2. The Morgan fingerprint density at radius 3 is 2.81 bits per heavy atom. The lowest BCUT2D eigenvalue weighted by molar-refractivity contribution is 0.576. The van der Waals surface area contributed by atoms with Gasteiger partial charge in [0.25, 0.3) is 0 Å². The number of anilines is 1. The number of nitrogens with one attached hydrogen (secondary N) is 1. The van der Waals surface area contributed by atoms with Crippen molar-refractivity contribution in [1.82, 2.24) is 9.78 Å². The fourth-order valence-corrected chi connectivity index (χ4v) is 2.45. The summed E-state index contributed by atoms with van der Waals surface area (Å²) in [5.74, 6) is 1.63. The van der Waals surface area contributed by atoms with Gasteiger partial charge in [-0.15, -0.1) is 0 Å². The summed E-state index contributed by atoms with van der Waals surface area (Å²) < 4.78 is 1.77. The van der Waals surface area contributed by atoms with Crippen LogP contribution in [0.25, 0.3) is 0 Å². The largest absolute Gasteiger partial charge is 0.369 e. The number of hydrogen-bond donors (Lipinski definition) is 1. The molecule has 1 aromatic heterocycles. The highest BCUT2D eigenvalue weighted by molar-refractivity contribution is 5.54. The highest BCUT2D eigenvalue weighted by Gasteiger charge is 2.17. The molecule has 1 aromatic rings. The first-order chi connectivity index (χ1) is 7.72. The van der Waals surface area contributed by atoms with Gasteiger partial charge in [0.1, 0.15) is 17.5 Å². The van der Waals surface area contributed by atoms with E-state index in [2.05, 4.69) is 16.5 Å². The van der Waals surface area contributed by atoms with E-state index in [4.69, 9.17) is 5.26 Å². The molecule has 0 saturated heterocycles. The lowest BCUT2D eigenvalue weighted by Crippen LogP contribution is -2.14. The van der Waals surface area contributed by atoms with Crippen LogP contribution >= 0.6 is 0 Å². The Hall–Kier alpha value is -1.50. The van der Waals surface area contributed by atoms with Crippen molar-refractivity contribution in [3.05, 3.63) is 11.3 Å². The third kappa shape index (κ3) is 2.04. The van der Waals surface area contributed by atoms with Crippen LogP contribution < -0.4 is 5.32 Å². The van der Waals surface area contributed by atoms with Gasteiger partial charge in [0.15, 0.2) is 0 Å². The molecule has 1 aliphatic carbocycles.